The second kappa shape index (κ2) is 7.51. The fourth-order valence-electron chi connectivity index (χ4n) is 3.71. The molecule has 0 fully saturated rings. The summed E-state index contributed by atoms with van der Waals surface area (Å²) in [5.74, 6) is 0.485. The van der Waals surface area contributed by atoms with Gasteiger partial charge >= 0.3 is 0 Å². The predicted molar refractivity (Wildman–Crippen MR) is 116 cm³/mol. The minimum absolute atomic E-state index is 0.0243. The summed E-state index contributed by atoms with van der Waals surface area (Å²) < 4.78 is 0. The van der Waals surface area contributed by atoms with Crippen LogP contribution in [-0.2, 0) is 6.42 Å². The van der Waals surface area contributed by atoms with Gasteiger partial charge in [-0.25, -0.2) is 0 Å². The molecule has 0 radical (unpaired) electrons. The lowest BCUT2D eigenvalue weighted by molar-refractivity contribution is 0.0975. The van der Waals surface area contributed by atoms with E-state index in [1.807, 2.05) is 29.2 Å². The summed E-state index contributed by atoms with van der Waals surface area (Å²) in [5, 5.41) is 3.57. The number of nitrogens with one attached hydrogen (secondary N) is 1. The Balaban J connectivity index is 1.79. The van der Waals surface area contributed by atoms with E-state index in [-0.39, 0.29) is 12.1 Å². The molecule has 142 valence electrons. The van der Waals surface area contributed by atoms with E-state index >= 15 is 0 Å². The van der Waals surface area contributed by atoms with Gasteiger partial charge in [-0.2, -0.15) is 0 Å². The first-order valence-corrected chi connectivity index (χ1v) is 9.96. The molecule has 1 heterocycles. The van der Waals surface area contributed by atoms with E-state index in [9.17, 15) is 4.79 Å². The number of rotatable bonds is 4. The van der Waals surface area contributed by atoms with Gasteiger partial charge in [0.1, 0.15) is 6.17 Å². The molecule has 0 bridgehead atoms. The van der Waals surface area contributed by atoms with E-state index in [4.69, 9.17) is 0 Å². The molecule has 0 saturated carbocycles. The van der Waals surface area contributed by atoms with Crippen molar-refractivity contribution >= 4 is 17.3 Å². The average Bonchev–Trinajstić information content (AvgIpc) is 2.74. The van der Waals surface area contributed by atoms with Gasteiger partial charge in [-0.15, -0.1) is 0 Å². The van der Waals surface area contributed by atoms with Crippen molar-refractivity contribution in [3.05, 3.63) is 95.1 Å². The maximum atomic E-state index is 13.4. The lowest BCUT2D eigenvalue weighted by Crippen LogP contribution is -2.43. The molecule has 1 aliphatic rings. The summed E-state index contributed by atoms with van der Waals surface area (Å²) in [6.45, 7) is 6.50. The standard InChI is InChI=1S/C25H26N2O/c1-4-18-9-11-20(12-10-18)24-26-23-8-6-5-7-22(23)25(28)27(24)21-15-13-19(14-16-21)17(2)3/h5-17,24,26H,4H2,1-3H3/t24-/m1/s1. The Morgan fingerprint density at radius 1 is 0.929 bits per heavy atom. The maximum absolute atomic E-state index is 13.4. The molecule has 0 saturated heterocycles. The van der Waals surface area contributed by atoms with Gasteiger partial charge < -0.3 is 5.32 Å². The van der Waals surface area contributed by atoms with E-state index in [0.717, 1.165) is 23.4 Å². The number of carbonyl (C=O) groups is 1. The molecule has 4 rings (SSSR count). The van der Waals surface area contributed by atoms with Crippen molar-refractivity contribution in [3.8, 4) is 0 Å². The number of carbonyl (C=O) groups excluding carboxylic acids is 1. The third-order valence-corrected chi connectivity index (χ3v) is 5.47. The molecule has 0 unspecified atom stereocenters. The van der Waals surface area contributed by atoms with Crippen LogP contribution in [0, 0.1) is 0 Å². The Kier molecular flexibility index (Phi) is 4.91. The monoisotopic (exact) mass is 370 g/mol. The Bertz CT molecular complexity index is 974. The lowest BCUT2D eigenvalue weighted by atomic mass is 9.99. The van der Waals surface area contributed by atoms with Crippen LogP contribution in [0.15, 0.2) is 72.8 Å². The summed E-state index contributed by atoms with van der Waals surface area (Å²) >= 11 is 0. The van der Waals surface area contributed by atoms with Crippen LogP contribution in [0.25, 0.3) is 0 Å². The van der Waals surface area contributed by atoms with Crippen molar-refractivity contribution in [3.63, 3.8) is 0 Å². The van der Waals surface area contributed by atoms with E-state index in [1.54, 1.807) is 0 Å². The van der Waals surface area contributed by atoms with Crippen LogP contribution in [0.4, 0.5) is 11.4 Å². The first kappa shape index (κ1) is 18.3. The second-order valence-electron chi connectivity index (χ2n) is 7.61. The Morgan fingerprint density at radius 3 is 2.25 bits per heavy atom. The normalized spacial score (nSPS) is 16.1. The maximum Gasteiger partial charge on any atom is 0.262 e. The summed E-state index contributed by atoms with van der Waals surface area (Å²) in [7, 11) is 0. The van der Waals surface area contributed by atoms with Crippen LogP contribution >= 0.6 is 0 Å². The van der Waals surface area contributed by atoms with Crippen LogP contribution in [0.5, 0.6) is 0 Å². The molecule has 0 aliphatic carbocycles. The van der Waals surface area contributed by atoms with Crippen molar-refractivity contribution in [1.82, 2.24) is 0 Å². The zero-order chi connectivity index (χ0) is 19.7. The van der Waals surface area contributed by atoms with Crippen LogP contribution in [0.3, 0.4) is 0 Å². The molecule has 1 amide bonds. The predicted octanol–water partition coefficient (Wildman–Crippen LogP) is 6.14. The van der Waals surface area contributed by atoms with Gasteiger partial charge in [0, 0.05) is 11.4 Å². The number of nitrogens with zero attached hydrogens (tertiary/aromatic N) is 1. The molecule has 0 spiro atoms. The fraction of sp³-hybridized carbons (Fsp3) is 0.240. The third-order valence-electron chi connectivity index (χ3n) is 5.47. The van der Waals surface area contributed by atoms with Crippen LogP contribution in [0.2, 0.25) is 0 Å². The third kappa shape index (κ3) is 3.29. The van der Waals surface area contributed by atoms with Crippen molar-refractivity contribution in [2.24, 2.45) is 0 Å². The van der Waals surface area contributed by atoms with E-state index in [1.165, 1.54) is 11.1 Å². The molecule has 0 aromatic heterocycles. The highest BCUT2D eigenvalue weighted by atomic mass is 16.2. The zero-order valence-corrected chi connectivity index (χ0v) is 16.6. The molecule has 3 nitrogen and oxygen atoms in total. The Labute approximate surface area is 167 Å². The van der Waals surface area contributed by atoms with Crippen molar-refractivity contribution in [2.75, 3.05) is 10.2 Å². The molecule has 3 aromatic carbocycles. The Morgan fingerprint density at radius 2 is 1.61 bits per heavy atom. The summed E-state index contributed by atoms with van der Waals surface area (Å²) in [6, 6.07) is 24.6. The molecule has 1 aliphatic heterocycles. The quantitative estimate of drug-likeness (QED) is 0.598. The highest BCUT2D eigenvalue weighted by Gasteiger charge is 2.33. The number of aryl methyl sites for hydroxylation is 1. The topological polar surface area (TPSA) is 32.3 Å². The van der Waals surface area contributed by atoms with Crippen molar-refractivity contribution in [1.29, 1.82) is 0 Å². The number of fused-ring (bicyclic) bond motifs is 1. The minimum Gasteiger partial charge on any atom is -0.360 e. The van der Waals surface area contributed by atoms with Gasteiger partial charge in [0.05, 0.1) is 5.56 Å². The van der Waals surface area contributed by atoms with Crippen LogP contribution in [0.1, 0.15) is 59.9 Å². The second-order valence-corrected chi connectivity index (χ2v) is 7.61. The van der Waals surface area contributed by atoms with Gasteiger partial charge in [-0.3, -0.25) is 9.69 Å². The highest BCUT2D eigenvalue weighted by molar-refractivity contribution is 6.12. The number of benzene rings is 3. The number of amides is 1. The van der Waals surface area contributed by atoms with Crippen LogP contribution < -0.4 is 10.2 Å². The summed E-state index contributed by atoms with van der Waals surface area (Å²) in [6.07, 6.45) is 0.763. The smallest absolute Gasteiger partial charge is 0.262 e. The SMILES string of the molecule is CCc1ccc([C@@H]2Nc3ccccc3C(=O)N2c2ccc(C(C)C)cc2)cc1. The van der Waals surface area contributed by atoms with E-state index in [2.05, 4.69) is 74.6 Å². The zero-order valence-electron chi connectivity index (χ0n) is 16.6. The van der Waals surface area contributed by atoms with Crippen molar-refractivity contribution in [2.45, 2.75) is 39.3 Å². The molecule has 3 aromatic rings. The van der Waals surface area contributed by atoms with Gasteiger partial charge in [0.2, 0.25) is 0 Å². The largest absolute Gasteiger partial charge is 0.360 e. The Hall–Kier alpha value is -3.07. The minimum atomic E-state index is -0.238. The van der Waals surface area contributed by atoms with Gasteiger partial charge in [-0.1, -0.05) is 69.3 Å². The van der Waals surface area contributed by atoms with E-state index < -0.39 is 0 Å². The number of hydrogen-bond donors (Lipinski definition) is 1. The molecular weight excluding hydrogens is 344 g/mol. The van der Waals surface area contributed by atoms with Gasteiger partial charge in [0.25, 0.3) is 5.91 Å². The molecule has 1 atom stereocenters. The average molecular weight is 370 g/mol. The summed E-state index contributed by atoms with van der Waals surface area (Å²) in [5.41, 5.74) is 6.13. The number of para-hydroxylation sites is 1. The summed E-state index contributed by atoms with van der Waals surface area (Å²) in [4.78, 5) is 15.3. The number of hydrogen-bond acceptors (Lipinski definition) is 2. The molecule has 28 heavy (non-hydrogen) atoms. The molecule has 3 heteroatoms. The molecule has 1 N–H and O–H groups in total. The fourth-order valence-corrected chi connectivity index (χ4v) is 3.71. The van der Waals surface area contributed by atoms with E-state index in [0.29, 0.717) is 11.5 Å². The first-order chi connectivity index (χ1) is 13.6. The van der Waals surface area contributed by atoms with Crippen LogP contribution in [-0.4, -0.2) is 5.91 Å². The molecular formula is C25H26N2O. The highest BCUT2D eigenvalue weighted by Crippen LogP contribution is 2.37. The van der Waals surface area contributed by atoms with Gasteiger partial charge in [0.15, 0.2) is 0 Å². The van der Waals surface area contributed by atoms with Gasteiger partial charge in [-0.05, 0) is 53.3 Å². The van der Waals surface area contributed by atoms with Crippen molar-refractivity contribution < 1.29 is 4.79 Å². The lowest BCUT2D eigenvalue weighted by Gasteiger charge is -2.38. The number of anilines is 2. The first-order valence-electron chi connectivity index (χ1n) is 9.96.